The van der Waals surface area contributed by atoms with Gasteiger partial charge in [0.25, 0.3) is 10.0 Å². The van der Waals surface area contributed by atoms with Crippen molar-refractivity contribution in [1.82, 2.24) is 0 Å². The minimum absolute atomic E-state index is 0.0206. The first-order valence-electron chi connectivity index (χ1n) is 4.15. The molecule has 0 saturated heterocycles. The van der Waals surface area contributed by atoms with Gasteiger partial charge in [0.05, 0.1) is 4.90 Å². The molecule has 6 N–H and O–H groups in total. The van der Waals surface area contributed by atoms with E-state index in [0.29, 0.717) is 15.7 Å². The Morgan fingerprint density at radius 3 is 2.44 bits per heavy atom. The molecule has 0 radical (unpaired) electrons. The van der Waals surface area contributed by atoms with Gasteiger partial charge >= 0.3 is 0 Å². The van der Waals surface area contributed by atoms with Gasteiger partial charge in [-0.3, -0.25) is 0 Å². The normalized spacial score (nSPS) is 11.1. The SMILES string of the molecule is Cc1c(N)cc(Br)cc1S(=O)(=O)N=C(N)N. The van der Waals surface area contributed by atoms with Crippen LogP contribution in [0.25, 0.3) is 0 Å². The van der Waals surface area contributed by atoms with Crippen molar-refractivity contribution in [1.29, 1.82) is 0 Å². The van der Waals surface area contributed by atoms with Gasteiger partial charge in [-0.2, -0.15) is 8.42 Å². The molecule has 0 fully saturated rings. The summed E-state index contributed by atoms with van der Waals surface area (Å²) >= 11 is 3.15. The van der Waals surface area contributed by atoms with Crippen molar-refractivity contribution < 1.29 is 8.42 Å². The Morgan fingerprint density at radius 1 is 1.38 bits per heavy atom. The van der Waals surface area contributed by atoms with E-state index in [1.165, 1.54) is 6.07 Å². The topological polar surface area (TPSA) is 125 Å². The molecule has 6 nitrogen and oxygen atoms in total. The van der Waals surface area contributed by atoms with Gasteiger partial charge < -0.3 is 17.2 Å². The number of rotatable bonds is 2. The van der Waals surface area contributed by atoms with Gasteiger partial charge in [0.1, 0.15) is 0 Å². The summed E-state index contributed by atoms with van der Waals surface area (Å²) in [5.41, 5.74) is 16.5. The number of hydrogen-bond acceptors (Lipinski definition) is 3. The zero-order valence-corrected chi connectivity index (χ0v) is 10.8. The van der Waals surface area contributed by atoms with Crippen LogP contribution in [-0.4, -0.2) is 14.4 Å². The first-order chi connectivity index (χ1) is 7.24. The van der Waals surface area contributed by atoms with Gasteiger partial charge in [-0.15, -0.1) is 4.40 Å². The molecule has 0 unspecified atom stereocenters. The molecule has 88 valence electrons. The Hall–Kier alpha value is -1.28. The molecule has 0 amide bonds. The summed E-state index contributed by atoms with van der Waals surface area (Å²) in [5, 5.41) is 0. The van der Waals surface area contributed by atoms with Gasteiger partial charge in [0, 0.05) is 10.2 Å². The van der Waals surface area contributed by atoms with E-state index < -0.39 is 16.0 Å². The Labute approximate surface area is 102 Å². The number of sulfonamides is 1. The first-order valence-corrected chi connectivity index (χ1v) is 6.39. The summed E-state index contributed by atoms with van der Waals surface area (Å²) < 4.78 is 27.2. The molecule has 0 atom stereocenters. The minimum atomic E-state index is -3.91. The maximum Gasteiger partial charge on any atom is 0.285 e. The molecular formula is C8H11BrN4O2S. The van der Waals surface area contributed by atoms with E-state index in [4.69, 9.17) is 17.2 Å². The Balaban J connectivity index is 3.51. The molecule has 8 heteroatoms. The Bertz CT molecular complexity index is 549. The number of anilines is 1. The number of nitrogen functional groups attached to an aromatic ring is 1. The lowest BCUT2D eigenvalue weighted by Crippen LogP contribution is -2.24. The van der Waals surface area contributed by atoms with Crippen LogP contribution in [0, 0.1) is 6.92 Å². The molecule has 0 aliphatic rings. The van der Waals surface area contributed by atoms with Crippen molar-refractivity contribution in [3.63, 3.8) is 0 Å². The number of nitrogens with two attached hydrogens (primary N) is 3. The third-order valence-corrected chi connectivity index (χ3v) is 3.76. The fourth-order valence-corrected chi connectivity index (χ4v) is 2.91. The van der Waals surface area contributed by atoms with Crippen LogP contribution in [0.5, 0.6) is 0 Å². The van der Waals surface area contributed by atoms with E-state index in [1.807, 2.05) is 0 Å². The molecule has 1 rings (SSSR count). The highest BCUT2D eigenvalue weighted by Crippen LogP contribution is 2.27. The van der Waals surface area contributed by atoms with Crippen molar-refractivity contribution in [3.8, 4) is 0 Å². The third kappa shape index (κ3) is 2.64. The number of hydrogen-bond donors (Lipinski definition) is 3. The fraction of sp³-hybridized carbons (Fsp3) is 0.125. The summed E-state index contributed by atoms with van der Waals surface area (Å²) in [5.74, 6) is -0.516. The molecular weight excluding hydrogens is 296 g/mol. The quantitative estimate of drug-likeness (QED) is 0.412. The van der Waals surface area contributed by atoms with Crippen molar-refractivity contribution in [3.05, 3.63) is 22.2 Å². The molecule has 0 heterocycles. The first kappa shape index (κ1) is 12.8. The van der Waals surface area contributed by atoms with Crippen LogP contribution in [0.1, 0.15) is 5.56 Å². The molecule has 16 heavy (non-hydrogen) atoms. The summed E-state index contributed by atoms with van der Waals surface area (Å²) in [6.45, 7) is 1.58. The predicted octanol–water partition coefficient (Wildman–Crippen LogP) is 0.302. The van der Waals surface area contributed by atoms with Gasteiger partial charge in [-0.1, -0.05) is 15.9 Å². The molecule has 0 spiro atoms. The molecule has 1 aromatic rings. The van der Waals surface area contributed by atoms with Gasteiger partial charge in [-0.25, -0.2) is 0 Å². The van der Waals surface area contributed by atoms with E-state index in [1.54, 1.807) is 13.0 Å². The average Bonchev–Trinajstić information content (AvgIpc) is 2.08. The Kier molecular flexibility index (Phi) is 3.44. The number of halogens is 1. The Morgan fingerprint density at radius 2 is 1.94 bits per heavy atom. The lowest BCUT2D eigenvalue weighted by atomic mass is 10.2. The summed E-state index contributed by atoms with van der Waals surface area (Å²) in [6, 6.07) is 3.00. The van der Waals surface area contributed by atoms with Gasteiger partial charge in [0.15, 0.2) is 0 Å². The fourth-order valence-electron chi connectivity index (χ4n) is 1.13. The molecule has 0 aliphatic carbocycles. The van der Waals surface area contributed by atoms with Crippen LogP contribution in [0.4, 0.5) is 5.69 Å². The highest BCUT2D eigenvalue weighted by atomic mass is 79.9. The van der Waals surface area contributed by atoms with Gasteiger partial charge in [-0.05, 0) is 24.6 Å². The van der Waals surface area contributed by atoms with E-state index in [0.717, 1.165) is 0 Å². The van der Waals surface area contributed by atoms with Crippen LogP contribution in [-0.2, 0) is 10.0 Å². The highest BCUT2D eigenvalue weighted by Gasteiger charge is 2.18. The van der Waals surface area contributed by atoms with Crippen LogP contribution in [0.3, 0.4) is 0 Å². The summed E-state index contributed by atoms with van der Waals surface area (Å²) in [7, 11) is -3.91. The maximum absolute atomic E-state index is 11.7. The highest BCUT2D eigenvalue weighted by molar-refractivity contribution is 9.10. The second-order valence-corrected chi connectivity index (χ2v) is 5.60. The van der Waals surface area contributed by atoms with Gasteiger partial charge in [0.2, 0.25) is 5.96 Å². The second-order valence-electron chi connectivity index (χ2n) is 3.11. The maximum atomic E-state index is 11.7. The largest absolute Gasteiger partial charge is 0.398 e. The van der Waals surface area contributed by atoms with Crippen molar-refractivity contribution in [2.75, 3.05) is 5.73 Å². The zero-order valence-electron chi connectivity index (χ0n) is 8.44. The standard InChI is InChI=1S/C8H11BrN4O2S/c1-4-6(10)2-5(9)3-7(4)16(14,15)13-8(11)12/h2-3H,10H2,1H3,(H4,11,12,13). The number of guanidine groups is 1. The van der Waals surface area contributed by atoms with Crippen LogP contribution < -0.4 is 17.2 Å². The molecule has 0 saturated carbocycles. The second kappa shape index (κ2) is 4.30. The summed E-state index contributed by atoms with van der Waals surface area (Å²) in [6.07, 6.45) is 0. The van der Waals surface area contributed by atoms with E-state index in [-0.39, 0.29) is 4.90 Å². The van der Waals surface area contributed by atoms with E-state index in [9.17, 15) is 8.42 Å². The lowest BCUT2D eigenvalue weighted by molar-refractivity contribution is 0.597. The number of benzene rings is 1. The molecule has 0 aliphatic heterocycles. The van der Waals surface area contributed by atoms with Crippen LogP contribution >= 0.6 is 15.9 Å². The zero-order chi connectivity index (χ0) is 12.5. The average molecular weight is 307 g/mol. The van der Waals surface area contributed by atoms with Crippen molar-refractivity contribution >= 4 is 37.6 Å². The van der Waals surface area contributed by atoms with Crippen LogP contribution in [0.15, 0.2) is 25.9 Å². The summed E-state index contributed by atoms with van der Waals surface area (Å²) in [4.78, 5) is -0.0206. The molecule has 1 aromatic carbocycles. The monoisotopic (exact) mass is 306 g/mol. The van der Waals surface area contributed by atoms with Crippen molar-refractivity contribution in [2.45, 2.75) is 11.8 Å². The van der Waals surface area contributed by atoms with E-state index in [2.05, 4.69) is 20.3 Å². The van der Waals surface area contributed by atoms with Crippen molar-refractivity contribution in [2.24, 2.45) is 15.9 Å². The smallest absolute Gasteiger partial charge is 0.285 e. The predicted molar refractivity (Wildman–Crippen MR) is 66.3 cm³/mol. The van der Waals surface area contributed by atoms with Crippen LogP contribution in [0.2, 0.25) is 0 Å². The number of nitrogens with zero attached hydrogens (tertiary/aromatic N) is 1. The third-order valence-electron chi connectivity index (χ3n) is 1.87. The minimum Gasteiger partial charge on any atom is -0.398 e. The molecule has 0 bridgehead atoms. The molecule has 0 aromatic heterocycles. The van der Waals surface area contributed by atoms with E-state index >= 15 is 0 Å². The lowest BCUT2D eigenvalue weighted by Gasteiger charge is -2.07.